The molecule has 0 saturated heterocycles. The van der Waals surface area contributed by atoms with E-state index >= 15 is 0 Å². The Morgan fingerprint density at radius 3 is 2.82 bits per heavy atom. The van der Waals surface area contributed by atoms with Gasteiger partial charge in [-0.25, -0.2) is 4.98 Å². The van der Waals surface area contributed by atoms with Crippen molar-refractivity contribution >= 4 is 17.0 Å². The topological polar surface area (TPSA) is 43.8 Å². The number of hydrogen-bond acceptors (Lipinski definition) is 2. The smallest absolute Gasteiger partial charge is 0.201 e. The average molecular weight is 227 g/mol. The van der Waals surface area contributed by atoms with Crippen molar-refractivity contribution in [3.05, 3.63) is 24.3 Å². The minimum atomic E-state index is 0.598. The molecule has 0 radical (unpaired) electrons. The third kappa shape index (κ3) is 1.25. The van der Waals surface area contributed by atoms with Gasteiger partial charge >= 0.3 is 0 Å². The summed E-state index contributed by atoms with van der Waals surface area (Å²) in [5, 5.41) is 0. The number of fused-ring (bicyclic) bond motifs is 3. The maximum atomic E-state index is 6.12. The highest BCUT2D eigenvalue weighted by atomic mass is 15.2. The average Bonchev–Trinajstić information content (AvgIpc) is 2.99. The second kappa shape index (κ2) is 3.25. The number of nitrogens with zero attached hydrogens (tertiary/aromatic N) is 2. The molecule has 2 aromatic rings. The van der Waals surface area contributed by atoms with Crippen LogP contribution >= 0.6 is 0 Å². The van der Waals surface area contributed by atoms with E-state index in [0.29, 0.717) is 12.0 Å². The minimum Gasteiger partial charge on any atom is -0.369 e. The van der Waals surface area contributed by atoms with Crippen LogP contribution < -0.4 is 5.73 Å². The zero-order valence-corrected chi connectivity index (χ0v) is 9.84. The summed E-state index contributed by atoms with van der Waals surface area (Å²) in [7, 11) is 0. The summed E-state index contributed by atoms with van der Waals surface area (Å²) in [6, 6.07) is 8.90. The number of rotatable bonds is 1. The lowest BCUT2D eigenvalue weighted by atomic mass is 9.95. The fraction of sp³-hybridized carbons (Fsp3) is 0.500. The molecular formula is C14H17N3. The molecule has 1 heterocycles. The second-order valence-corrected chi connectivity index (χ2v) is 5.57. The molecule has 2 fully saturated rings. The zero-order chi connectivity index (χ0) is 11.4. The van der Waals surface area contributed by atoms with Crippen LogP contribution in [0.25, 0.3) is 11.0 Å². The van der Waals surface area contributed by atoms with Crippen LogP contribution in [0.5, 0.6) is 0 Å². The van der Waals surface area contributed by atoms with E-state index in [9.17, 15) is 0 Å². The van der Waals surface area contributed by atoms with Gasteiger partial charge in [0, 0.05) is 6.04 Å². The Labute approximate surface area is 101 Å². The number of hydrogen-bond donors (Lipinski definition) is 1. The molecule has 0 aliphatic heterocycles. The first-order chi connectivity index (χ1) is 8.33. The van der Waals surface area contributed by atoms with E-state index < -0.39 is 0 Å². The molecule has 0 spiro atoms. The van der Waals surface area contributed by atoms with Gasteiger partial charge in [0.2, 0.25) is 5.95 Å². The van der Waals surface area contributed by atoms with Gasteiger partial charge in [0.1, 0.15) is 0 Å². The van der Waals surface area contributed by atoms with Crippen molar-refractivity contribution in [1.82, 2.24) is 9.55 Å². The molecule has 88 valence electrons. The van der Waals surface area contributed by atoms with E-state index in [4.69, 9.17) is 5.73 Å². The molecule has 2 N–H and O–H groups in total. The fourth-order valence-corrected chi connectivity index (χ4v) is 3.94. The lowest BCUT2D eigenvalue weighted by molar-refractivity contribution is 0.339. The quantitative estimate of drug-likeness (QED) is 0.814. The van der Waals surface area contributed by atoms with E-state index in [-0.39, 0.29) is 0 Å². The van der Waals surface area contributed by atoms with E-state index in [1.54, 1.807) is 0 Å². The highest BCUT2D eigenvalue weighted by Crippen LogP contribution is 2.51. The Bertz CT molecular complexity index is 572. The summed E-state index contributed by atoms with van der Waals surface area (Å²) in [6.45, 7) is 0. The molecule has 2 aliphatic carbocycles. The first-order valence-electron chi connectivity index (χ1n) is 6.55. The fourth-order valence-electron chi connectivity index (χ4n) is 3.94. The standard InChI is InChI=1S/C14H17N3/c15-14-16-11-3-1-2-4-12(11)17(14)13-8-9-5-6-10(13)7-9/h1-4,9-10,13H,5-8H2,(H2,15,16). The van der Waals surface area contributed by atoms with Gasteiger partial charge in [0.05, 0.1) is 11.0 Å². The molecule has 1 aromatic heterocycles. The van der Waals surface area contributed by atoms with Crippen LogP contribution in [-0.4, -0.2) is 9.55 Å². The van der Waals surface area contributed by atoms with E-state index in [1.807, 2.05) is 6.07 Å². The SMILES string of the molecule is Nc1nc2ccccc2n1C1CC2CCC1C2. The van der Waals surface area contributed by atoms with Crippen molar-refractivity contribution in [2.24, 2.45) is 11.8 Å². The molecule has 2 bridgehead atoms. The monoisotopic (exact) mass is 227 g/mol. The van der Waals surface area contributed by atoms with Crippen LogP contribution in [0.1, 0.15) is 31.7 Å². The molecule has 3 atom stereocenters. The van der Waals surface area contributed by atoms with Gasteiger partial charge < -0.3 is 10.3 Å². The van der Waals surface area contributed by atoms with Crippen LogP contribution in [0, 0.1) is 11.8 Å². The zero-order valence-electron chi connectivity index (χ0n) is 9.84. The lowest BCUT2D eigenvalue weighted by Gasteiger charge is -2.24. The summed E-state index contributed by atoms with van der Waals surface area (Å²) in [4.78, 5) is 4.48. The number of imidazole rings is 1. The Hall–Kier alpha value is -1.51. The first kappa shape index (κ1) is 9.51. The maximum absolute atomic E-state index is 6.12. The largest absolute Gasteiger partial charge is 0.369 e. The number of para-hydroxylation sites is 2. The van der Waals surface area contributed by atoms with Gasteiger partial charge in [0.25, 0.3) is 0 Å². The van der Waals surface area contributed by atoms with Crippen molar-refractivity contribution in [3.63, 3.8) is 0 Å². The number of nitrogens with two attached hydrogens (primary N) is 1. The van der Waals surface area contributed by atoms with Crippen LogP contribution in [0.15, 0.2) is 24.3 Å². The second-order valence-electron chi connectivity index (χ2n) is 5.57. The number of anilines is 1. The summed E-state index contributed by atoms with van der Waals surface area (Å²) in [5.41, 5.74) is 8.36. The Morgan fingerprint density at radius 2 is 2.06 bits per heavy atom. The number of benzene rings is 1. The van der Waals surface area contributed by atoms with E-state index in [1.165, 1.54) is 31.2 Å². The van der Waals surface area contributed by atoms with Gasteiger partial charge in [-0.15, -0.1) is 0 Å². The van der Waals surface area contributed by atoms with E-state index in [0.717, 1.165) is 17.4 Å². The molecule has 2 aliphatic rings. The summed E-state index contributed by atoms with van der Waals surface area (Å²) < 4.78 is 2.29. The predicted octanol–water partition coefficient (Wildman–Crippen LogP) is 2.98. The lowest BCUT2D eigenvalue weighted by Crippen LogP contribution is -2.17. The van der Waals surface area contributed by atoms with Crippen LogP contribution in [0.4, 0.5) is 5.95 Å². The summed E-state index contributed by atoms with van der Waals surface area (Å²) >= 11 is 0. The molecule has 2 saturated carbocycles. The molecule has 4 rings (SSSR count). The van der Waals surface area contributed by atoms with Gasteiger partial charge in [-0.2, -0.15) is 0 Å². The van der Waals surface area contributed by atoms with Crippen LogP contribution in [0.2, 0.25) is 0 Å². The van der Waals surface area contributed by atoms with Crippen LogP contribution in [0.3, 0.4) is 0 Å². The Morgan fingerprint density at radius 1 is 1.18 bits per heavy atom. The van der Waals surface area contributed by atoms with Crippen molar-refractivity contribution in [1.29, 1.82) is 0 Å². The molecule has 3 heteroatoms. The normalized spacial score (nSPS) is 31.4. The minimum absolute atomic E-state index is 0.598. The number of nitrogen functional groups attached to an aromatic ring is 1. The molecular weight excluding hydrogens is 210 g/mol. The molecule has 3 nitrogen and oxygen atoms in total. The number of aromatic nitrogens is 2. The van der Waals surface area contributed by atoms with Crippen molar-refractivity contribution < 1.29 is 0 Å². The van der Waals surface area contributed by atoms with Gasteiger partial charge in [0.15, 0.2) is 0 Å². The third-order valence-electron chi connectivity index (χ3n) is 4.66. The Balaban J connectivity index is 1.87. The van der Waals surface area contributed by atoms with Gasteiger partial charge in [-0.3, -0.25) is 0 Å². The molecule has 17 heavy (non-hydrogen) atoms. The van der Waals surface area contributed by atoms with Crippen LogP contribution in [-0.2, 0) is 0 Å². The van der Waals surface area contributed by atoms with Crippen molar-refractivity contribution in [2.75, 3.05) is 5.73 Å². The van der Waals surface area contributed by atoms with Crippen molar-refractivity contribution in [3.8, 4) is 0 Å². The van der Waals surface area contributed by atoms with Crippen molar-refractivity contribution in [2.45, 2.75) is 31.7 Å². The third-order valence-corrected chi connectivity index (χ3v) is 4.66. The molecule has 3 unspecified atom stereocenters. The van der Waals surface area contributed by atoms with Gasteiger partial charge in [-0.1, -0.05) is 18.6 Å². The van der Waals surface area contributed by atoms with E-state index in [2.05, 4.69) is 27.8 Å². The maximum Gasteiger partial charge on any atom is 0.201 e. The predicted molar refractivity (Wildman–Crippen MR) is 68.6 cm³/mol. The highest BCUT2D eigenvalue weighted by molar-refractivity contribution is 5.78. The Kier molecular flexibility index (Phi) is 1.82. The summed E-state index contributed by atoms with van der Waals surface area (Å²) in [5.74, 6) is 2.47. The van der Waals surface area contributed by atoms with Gasteiger partial charge in [-0.05, 0) is 43.2 Å². The molecule has 0 amide bonds. The highest BCUT2D eigenvalue weighted by Gasteiger charge is 2.41. The summed E-state index contributed by atoms with van der Waals surface area (Å²) in [6.07, 6.45) is 5.50. The first-order valence-corrected chi connectivity index (χ1v) is 6.55. The molecule has 1 aromatic carbocycles.